The third-order valence-electron chi connectivity index (χ3n) is 6.92. The van der Waals surface area contributed by atoms with Crippen LogP contribution in [-0.2, 0) is 6.54 Å². The normalized spacial score (nSPS) is 25.4. The van der Waals surface area contributed by atoms with Crippen LogP contribution in [0.3, 0.4) is 0 Å². The van der Waals surface area contributed by atoms with Crippen molar-refractivity contribution < 1.29 is 0 Å². The van der Waals surface area contributed by atoms with Crippen molar-refractivity contribution in [1.29, 1.82) is 0 Å². The highest BCUT2D eigenvalue weighted by molar-refractivity contribution is 5.83. The maximum Gasteiger partial charge on any atom is 0.114 e. The van der Waals surface area contributed by atoms with Crippen molar-refractivity contribution >= 4 is 11.0 Å². The van der Waals surface area contributed by atoms with Crippen molar-refractivity contribution in [2.24, 2.45) is 0 Å². The summed E-state index contributed by atoms with van der Waals surface area (Å²) in [6.45, 7) is 4.49. The van der Waals surface area contributed by atoms with E-state index < -0.39 is 0 Å². The van der Waals surface area contributed by atoms with E-state index in [1.54, 1.807) is 0 Å². The van der Waals surface area contributed by atoms with Crippen molar-refractivity contribution in [3.63, 3.8) is 0 Å². The van der Waals surface area contributed by atoms with Gasteiger partial charge in [0.2, 0.25) is 0 Å². The molecule has 3 aliphatic rings. The van der Waals surface area contributed by atoms with E-state index in [-0.39, 0.29) is 0 Å². The van der Waals surface area contributed by atoms with Crippen LogP contribution < -0.4 is 0 Å². The van der Waals surface area contributed by atoms with Gasteiger partial charge in [-0.3, -0.25) is 4.90 Å². The van der Waals surface area contributed by atoms with Gasteiger partial charge in [0.25, 0.3) is 0 Å². The zero-order chi connectivity index (χ0) is 17.3. The molecule has 1 aliphatic carbocycles. The average molecular weight is 343 g/mol. The van der Waals surface area contributed by atoms with Crippen LogP contribution in [-0.4, -0.2) is 33.1 Å². The van der Waals surface area contributed by atoms with Gasteiger partial charge in [0.1, 0.15) is 5.82 Å². The second-order valence-electron chi connectivity index (χ2n) is 8.52. The van der Waals surface area contributed by atoms with E-state index in [0.717, 1.165) is 18.6 Å². The third-order valence-corrected chi connectivity index (χ3v) is 6.92. The Balaban J connectivity index is 1.38. The predicted molar refractivity (Wildman–Crippen MR) is 105 cm³/mol. The third kappa shape index (κ3) is 2.13. The number of aromatic nitrogens is 2. The van der Waals surface area contributed by atoms with Crippen molar-refractivity contribution in [1.82, 2.24) is 14.5 Å². The summed E-state index contributed by atoms with van der Waals surface area (Å²) in [6.07, 6.45) is 5.55. The SMILES string of the molecule is Cc1ccc(-c2ccc3c(c2)nc2n3CC3CC2CN3C2CCC2)cc1. The molecule has 0 radical (unpaired) electrons. The number of fused-ring (bicyclic) bond motifs is 6. The highest BCUT2D eigenvalue weighted by Gasteiger charge is 2.44. The second-order valence-corrected chi connectivity index (χ2v) is 8.52. The summed E-state index contributed by atoms with van der Waals surface area (Å²) in [5.74, 6) is 1.96. The molecule has 3 nitrogen and oxygen atoms in total. The van der Waals surface area contributed by atoms with Gasteiger partial charge in [-0.05, 0) is 49.4 Å². The Morgan fingerprint density at radius 3 is 2.50 bits per heavy atom. The smallest absolute Gasteiger partial charge is 0.114 e. The van der Waals surface area contributed by atoms with E-state index >= 15 is 0 Å². The molecule has 2 atom stereocenters. The van der Waals surface area contributed by atoms with Crippen LogP contribution in [0.4, 0.5) is 0 Å². The molecule has 3 heteroatoms. The molecule has 0 spiro atoms. The fourth-order valence-electron chi connectivity index (χ4n) is 5.26. The standard InChI is InChI=1S/C23H25N3/c1-15-5-7-16(8-6-15)17-9-10-22-21(12-17)24-23-18-11-20(14-26(22)23)25(13-18)19-3-2-4-19/h5-10,12,18-20H,2-4,11,13-14H2,1H3. The summed E-state index contributed by atoms with van der Waals surface area (Å²) in [5, 5.41) is 0. The zero-order valence-electron chi connectivity index (χ0n) is 15.4. The summed E-state index contributed by atoms with van der Waals surface area (Å²) in [5.41, 5.74) is 6.34. The van der Waals surface area contributed by atoms with Crippen molar-refractivity contribution in [3.05, 3.63) is 53.9 Å². The lowest BCUT2D eigenvalue weighted by Gasteiger charge is -2.38. The zero-order valence-corrected chi connectivity index (χ0v) is 15.4. The van der Waals surface area contributed by atoms with Crippen molar-refractivity contribution in [2.45, 2.75) is 57.2 Å². The highest BCUT2D eigenvalue weighted by Crippen LogP contribution is 2.43. The van der Waals surface area contributed by atoms with Crippen LogP contribution in [0.15, 0.2) is 42.5 Å². The summed E-state index contributed by atoms with van der Waals surface area (Å²) < 4.78 is 2.52. The van der Waals surface area contributed by atoms with E-state index in [1.165, 1.54) is 65.8 Å². The van der Waals surface area contributed by atoms with Gasteiger partial charge in [0, 0.05) is 31.1 Å². The number of benzene rings is 2. The number of likely N-dealkylation sites (tertiary alicyclic amines) is 1. The van der Waals surface area contributed by atoms with Gasteiger partial charge < -0.3 is 4.57 Å². The molecule has 2 aliphatic heterocycles. The molecule has 1 aromatic heterocycles. The number of hydrogen-bond acceptors (Lipinski definition) is 2. The number of aryl methyl sites for hydroxylation is 1. The van der Waals surface area contributed by atoms with Crippen LogP contribution in [0, 0.1) is 6.92 Å². The minimum Gasteiger partial charge on any atom is -0.326 e. The minimum atomic E-state index is 0.629. The Morgan fingerprint density at radius 2 is 1.73 bits per heavy atom. The molecular formula is C23H25N3. The Morgan fingerprint density at radius 1 is 0.923 bits per heavy atom. The van der Waals surface area contributed by atoms with Gasteiger partial charge >= 0.3 is 0 Å². The highest BCUT2D eigenvalue weighted by atomic mass is 15.3. The molecule has 3 aromatic rings. The Kier molecular flexibility index (Phi) is 3.13. The lowest BCUT2D eigenvalue weighted by Crippen LogP contribution is -2.44. The van der Waals surface area contributed by atoms with Gasteiger partial charge in [-0.1, -0.05) is 42.3 Å². The quantitative estimate of drug-likeness (QED) is 0.670. The molecule has 0 amide bonds. The summed E-state index contributed by atoms with van der Waals surface area (Å²) in [6, 6.07) is 17.2. The van der Waals surface area contributed by atoms with Gasteiger partial charge in [-0.15, -0.1) is 0 Å². The maximum absolute atomic E-state index is 5.11. The lowest BCUT2D eigenvalue weighted by atomic mass is 9.91. The molecule has 3 heterocycles. The van der Waals surface area contributed by atoms with Crippen molar-refractivity contribution in [2.75, 3.05) is 6.54 Å². The number of imidazole rings is 1. The first-order valence-corrected chi connectivity index (χ1v) is 10.1. The largest absolute Gasteiger partial charge is 0.326 e. The van der Waals surface area contributed by atoms with E-state index in [1.807, 2.05) is 0 Å². The predicted octanol–water partition coefficient (Wildman–Crippen LogP) is 4.74. The lowest BCUT2D eigenvalue weighted by molar-refractivity contribution is 0.108. The molecule has 2 aromatic carbocycles. The van der Waals surface area contributed by atoms with Crippen LogP contribution >= 0.6 is 0 Å². The molecule has 0 N–H and O–H groups in total. The van der Waals surface area contributed by atoms with Crippen LogP contribution in [0.1, 0.15) is 43.0 Å². The first-order valence-electron chi connectivity index (χ1n) is 10.1. The molecule has 2 bridgehead atoms. The van der Waals surface area contributed by atoms with E-state index in [4.69, 9.17) is 4.98 Å². The molecule has 1 saturated heterocycles. The molecule has 132 valence electrons. The van der Waals surface area contributed by atoms with Crippen molar-refractivity contribution in [3.8, 4) is 11.1 Å². The molecule has 1 saturated carbocycles. The first kappa shape index (κ1) is 15.0. The summed E-state index contributed by atoms with van der Waals surface area (Å²) >= 11 is 0. The minimum absolute atomic E-state index is 0.629. The number of hydrogen-bond donors (Lipinski definition) is 0. The second kappa shape index (κ2) is 5.43. The fourth-order valence-corrected chi connectivity index (χ4v) is 5.26. The van der Waals surface area contributed by atoms with E-state index in [9.17, 15) is 0 Å². The average Bonchev–Trinajstić information content (AvgIpc) is 3.14. The van der Waals surface area contributed by atoms with Gasteiger partial charge in [-0.2, -0.15) is 0 Å². The Hall–Kier alpha value is -2.13. The molecular weight excluding hydrogens is 318 g/mol. The summed E-state index contributed by atoms with van der Waals surface area (Å²) in [7, 11) is 0. The summed E-state index contributed by atoms with van der Waals surface area (Å²) in [4.78, 5) is 7.91. The Labute approximate surface area is 154 Å². The van der Waals surface area contributed by atoms with Crippen LogP contribution in [0.2, 0.25) is 0 Å². The topological polar surface area (TPSA) is 21.1 Å². The van der Waals surface area contributed by atoms with Gasteiger partial charge in [0.05, 0.1) is 11.0 Å². The van der Waals surface area contributed by atoms with Gasteiger partial charge in [-0.25, -0.2) is 4.98 Å². The molecule has 26 heavy (non-hydrogen) atoms. The Bertz CT molecular complexity index is 981. The van der Waals surface area contributed by atoms with E-state index in [0.29, 0.717) is 5.92 Å². The molecule has 2 fully saturated rings. The molecule has 6 rings (SSSR count). The first-order chi connectivity index (χ1) is 12.8. The van der Waals surface area contributed by atoms with Crippen LogP contribution in [0.25, 0.3) is 22.2 Å². The molecule has 2 unspecified atom stereocenters. The van der Waals surface area contributed by atoms with Gasteiger partial charge in [0.15, 0.2) is 0 Å². The number of rotatable bonds is 2. The van der Waals surface area contributed by atoms with Crippen LogP contribution in [0.5, 0.6) is 0 Å². The maximum atomic E-state index is 5.11. The monoisotopic (exact) mass is 343 g/mol. The number of nitrogens with zero attached hydrogens (tertiary/aromatic N) is 3. The fraction of sp³-hybridized carbons (Fsp3) is 0.435. The van der Waals surface area contributed by atoms with E-state index in [2.05, 4.69) is 58.9 Å².